The predicted molar refractivity (Wildman–Crippen MR) is 257 cm³/mol. The fraction of sp³-hybridized carbons (Fsp3) is 0.140. The van der Waals surface area contributed by atoms with Gasteiger partial charge >= 0.3 is 0 Å². The van der Waals surface area contributed by atoms with Gasteiger partial charge in [-0.25, -0.2) is 4.99 Å². The van der Waals surface area contributed by atoms with E-state index in [-0.39, 0.29) is 17.6 Å². The third-order valence-electron chi connectivity index (χ3n) is 12.8. The van der Waals surface area contributed by atoms with Gasteiger partial charge in [0.05, 0.1) is 22.3 Å². The maximum atomic E-state index is 5.50. The van der Waals surface area contributed by atoms with Crippen LogP contribution in [-0.2, 0) is 5.41 Å². The highest BCUT2D eigenvalue weighted by Crippen LogP contribution is 2.38. The first kappa shape index (κ1) is 36.9. The molecular weight excluding hydrogens is 741 g/mol. The van der Waals surface area contributed by atoms with E-state index in [0.29, 0.717) is 0 Å². The molecule has 1 aliphatic heterocycles. The second kappa shape index (κ2) is 14.5. The summed E-state index contributed by atoms with van der Waals surface area (Å²) in [6.07, 6.45) is 9.97. The van der Waals surface area contributed by atoms with E-state index < -0.39 is 0 Å². The summed E-state index contributed by atoms with van der Waals surface area (Å²) in [5.41, 5.74) is 14.5. The number of hydrogen-bond acceptors (Lipinski definition) is 2. The lowest BCUT2D eigenvalue weighted by atomic mass is 9.86. The molecule has 1 aliphatic carbocycles. The third-order valence-corrected chi connectivity index (χ3v) is 12.8. The van der Waals surface area contributed by atoms with Crippen LogP contribution in [0.3, 0.4) is 0 Å². The van der Waals surface area contributed by atoms with Gasteiger partial charge in [-0.2, -0.15) is 0 Å². The smallest absolute Gasteiger partial charge is 0.203 e. The Kier molecular flexibility index (Phi) is 8.78. The average Bonchev–Trinajstić information content (AvgIpc) is 3.81. The van der Waals surface area contributed by atoms with E-state index >= 15 is 0 Å². The molecule has 9 aromatic rings. The van der Waals surface area contributed by atoms with E-state index in [1.54, 1.807) is 0 Å². The fourth-order valence-electron chi connectivity index (χ4n) is 9.55. The first-order chi connectivity index (χ1) is 29.8. The summed E-state index contributed by atoms with van der Waals surface area (Å²) in [5, 5.41) is 6.38. The van der Waals surface area contributed by atoms with Crippen molar-refractivity contribution in [2.24, 2.45) is 4.99 Å². The lowest BCUT2D eigenvalue weighted by Gasteiger charge is -2.30. The molecule has 0 spiro atoms. The Bertz CT molecular complexity index is 3320. The van der Waals surface area contributed by atoms with Crippen LogP contribution in [0.25, 0.3) is 72.8 Å². The number of allylic oxidation sites excluding steroid dienone is 1. The minimum atomic E-state index is -0.235. The molecule has 3 heterocycles. The van der Waals surface area contributed by atoms with Crippen molar-refractivity contribution in [1.82, 2.24) is 14.0 Å². The van der Waals surface area contributed by atoms with Gasteiger partial charge in [-0.3, -0.25) is 0 Å². The molecule has 2 aliphatic rings. The molecule has 0 bridgehead atoms. The number of aromatic nitrogens is 2. The van der Waals surface area contributed by atoms with Gasteiger partial charge in [0.2, 0.25) is 6.29 Å². The van der Waals surface area contributed by atoms with Crippen molar-refractivity contribution in [1.29, 1.82) is 0 Å². The predicted octanol–water partition coefficient (Wildman–Crippen LogP) is 12.5. The maximum absolute atomic E-state index is 5.50. The number of rotatable bonds is 6. The van der Waals surface area contributed by atoms with Crippen LogP contribution in [0.2, 0.25) is 0 Å². The van der Waals surface area contributed by atoms with E-state index in [2.05, 4.69) is 236 Å². The molecule has 0 fully saturated rings. The lowest BCUT2D eigenvalue weighted by molar-refractivity contribution is 0.256. The number of fused-ring (bicyclic) bond motifs is 6. The highest BCUT2D eigenvalue weighted by atomic mass is 15.4. The lowest BCUT2D eigenvalue weighted by Crippen LogP contribution is -2.39. The maximum Gasteiger partial charge on any atom is 0.203 e. The van der Waals surface area contributed by atoms with E-state index in [4.69, 9.17) is 4.99 Å². The van der Waals surface area contributed by atoms with Crippen LogP contribution in [0.1, 0.15) is 56.1 Å². The zero-order chi connectivity index (χ0) is 41.2. The van der Waals surface area contributed by atoms with E-state index in [1.807, 2.05) is 0 Å². The van der Waals surface area contributed by atoms with Gasteiger partial charge in [-0.1, -0.05) is 154 Å². The summed E-state index contributed by atoms with van der Waals surface area (Å²) in [6, 6.07) is 62.0. The molecule has 2 atom stereocenters. The van der Waals surface area contributed by atoms with Gasteiger partial charge in [0.1, 0.15) is 0 Å². The zero-order valence-corrected chi connectivity index (χ0v) is 35.1. The zero-order valence-electron chi connectivity index (χ0n) is 35.1. The summed E-state index contributed by atoms with van der Waals surface area (Å²) in [7, 11) is 2.13. The van der Waals surface area contributed by atoms with E-state index in [0.717, 1.165) is 17.7 Å². The van der Waals surface area contributed by atoms with Gasteiger partial charge in [0, 0.05) is 57.1 Å². The molecular formula is C57H48N4. The first-order valence-electron chi connectivity index (χ1n) is 21.5. The van der Waals surface area contributed by atoms with Gasteiger partial charge in [-0.15, -0.1) is 0 Å². The molecule has 2 unspecified atom stereocenters. The highest BCUT2D eigenvalue weighted by molar-refractivity contribution is 6.10. The van der Waals surface area contributed by atoms with Crippen LogP contribution >= 0.6 is 0 Å². The number of nitrogens with zero attached hydrogens (tertiary/aromatic N) is 4. The van der Waals surface area contributed by atoms with Crippen LogP contribution < -0.4 is 10.6 Å². The molecule has 7 aromatic carbocycles. The van der Waals surface area contributed by atoms with E-state index in [9.17, 15) is 0 Å². The minimum absolute atomic E-state index is 0.0522. The molecule has 0 amide bonds. The Morgan fingerprint density at radius 3 is 1.97 bits per heavy atom. The fourth-order valence-corrected chi connectivity index (χ4v) is 9.55. The summed E-state index contributed by atoms with van der Waals surface area (Å²) in [4.78, 5) is 7.72. The van der Waals surface area contributed by atoms with E-state index in [1.165, 1.54) is 82.3 Å². The van der Waals surface area contributed by atoms with Crippen molar-refractivity contribution < 1.29 is 0 Å². The Labute approximate surface area is 357 Å². The number of benzene rings is 7. The highest BCUT2D eigenvalue weighted by Gasteiger charge is 2.25. The number of hydrogen-bond donors (Lipinski definition) is 0. The molecule has 2 aromatic heterocycles. The topological polar surface area (TPSA) is 25.5 Å². The molecule has 0 saturated heterocycles. The van der Waals surface area contributed by atoms with Gasteiger partial charge in [-0.05, 0) is 99.8 Å². The molecule has 0 radical (unpaired) electrons. The monoisotopic (exact) mass is 788 g/mol. The van der Waals surface area contributed by atoms with Crippen LogP contribution in [0, 0.1) is 0 Å². The number of para-hydroxylation sites is 2. The van der Waals surface area contributed by atoms with Crippen molar-refractivity contribution in [2.45, 2.75) is 44.8 Å². The Balaban J connectivity index is 0.979. The molecule has 61 heavy (non-hydrogen) atoms. The SMILES string of the molecule is CN1C=CC(c2cccc(-c3ccc(-c4ccccc4)cc3)c2)=NC1n1c2c(c3ccccc31)=CC(c1ccc3c(c1)c1cc(C(C)(C)C)ccc1n3-c1ccccc1)CC=2. The second-order valence-electron chi connectivity index (χ2n) is 17.7. The van der Waals surface area contributed by atoms with Gasteiger partial charge < -0.3 is 14.0 Å². The molecule has 0 saturated carbocycles. The van der Waals surface area contributed by atoms with Gasteiger partial charge in [0.25, 0.3) is 0 Å². The third kappa shape index (κ3) is 6.42. The van der Waals surface area contributed by atoms with Crippen molar-refractivity contribution >= 4 is 50.6 Å². The first-order valence-corrected chi connectivity index (χ1v) is 21.5. The summed E-state index contributed by atoms with van der Waals surface area (Å²) in [6.45, 7) is 6.90. The average molecular weight is 789 g/mol. The Hall–Kier alpha value is -7.17. The van der Waals surface area contributed by atoms with Crippen molar-refractivity contribution in [3.8, 4) is 27.9 Å². The van der Waals surface area contributed by atoms with Crippen LogP contribution in [0.15, 0.2) is 187 Å². The summed E-state index contributed by atoms with van der Waals surface area (Å²) < 4.78 is 4.87. The molecule has 11 rings (SSSR count). The van der Waals surface area contributed by atoms with Crippen LogP contribution in [0.4, 0.5) is 0 Å². The largest absolute Gasteiger partial charge is 0.342 e. The quantitative estimate of drug-likeness (QED) is 0.165. The summed E-state index contributed by atoms with van der Waals surface area (Å²) >= 11 is 0. The van der Waals surface area contributed by atoms with Crippen LogP contribution in [-0.4, -0.2) is 26.8 Å². The molecule has 0 N–H and O–H groups in total. The molecule has 4 heteroatoms. The minimum Gasteiger partial charge on any atom is -0.342 e. The Morgan fingerprint density at radius 2 is 1.20 bits per heavy atom. The second-order valence-corrected chi connectivity index (χ2v) is 17.7. The van der Waals surface area contributed by atoms with Crippen molar-refractivity contribution in [2.75, 3.05) is 7.05 Å². The standard InChI is InChI=1S/C57H48N4/c1-57(2,3)45-28-31-54-50(37-45)49-36-43(26-29-53(49)60(54)46-18-9-6-10-19-46)42-27-30-55-48(35-42)47-20-11-12-21-52(47)61(55)56-58-51(32-33-59(56)4)44-17-13-16-41(34-44)40-24-22-39(23-25-40)38-14-7-5-8-15-38/h5-26,28-37,42,56H,27H2,1-4H3. The summed E-state index contributed by atoms with van der Waals surface area (Å²) in [5.74, 6) is 0.240. The molecule has 4 nitrogen and oxygen atoms in total. The van der Waals surface area contributed by atoms with Crippen molar-refractivity contribution in [3.05, 3.63) is 209 Å². The normalized spacial score (nSPS) is 16.4. The van der Waals surface area contributed by atoms with Crippen molar-refractivity contribution in [3.63, 3.8) is 0 Å². The number of aliphatic imine (C=N–C) groups is 1. The van der Waals surface area contributed by atoms with Crippen LogP contribution in [0.5, 0.6) is 0 Å². The Morgan fingerprint density at radius 1 is 0.557 bits per heavy atom. The van der Waals surface area contributed by atoms with Gasteiger partial charge in [0.15, 0.2) is 0 Å². The molecule has 296 valence electrons.